The van der Waals surface area contributed by atoms with Crippen molar-refractivity contribution in [3.63, 3.8) is 0 Å². The summed E-state index contributed by atoms with van der Waals surface area (Å²) in [7, 11) is -1.58. The highest BCUT2D eigenvalue weighted by atomic mass is 32.2. The lowest BCUT2D eigenvalue weighted by Crippen LogP contribution is -2.14. The average molecular weight is 434 g/mol. The second-order valence-electron chi connectivity index (χ2n) is 6.54. The van der Waals surface area contributed by atoms with Gasteiger partial charge < -0.3 is 4.57 Å². The van der Waals surface area contributed by atoms with E-state index in [9.17, 15) is 23.3 Å². The van der Waals surface area contributed by atoms with E-state index < -0.39 is 20.7 Å². The normalized spacial score (nSPS) is 12.4. The fourth-order valence-corrected chi connectivity index (χ4v) is 5.35. The van der Waals surface area contributed by atoms with Gasteiger partial charge in [0.05, 0.1) is 26.6 Å². The molecule has 0 radical (unpaired) electrons. The van der Waals surface area contributed by atoms with Crippen LogP contribution in [0.3, 0.4) is 0 Å². The van der Waals surface area contributed by atoms with E-state index in [4.69, 9.17) is 0 Å². The number of aryl methyl sites for hydroxylation is 1. The number of aromatic nitrogens is 1. The van der Waals surface area contributed by atoms with Gasteiger partial charge in [0, 0.05) is 25.6 Å². The first kappa shape index (κ1) is 20.9. The minimum atomic E-state index is -3.31. The summed E-state index contributed by atoms with van der Waals surface area (Å²) in [5.41, 5.74) is 1.42. The maximum Gasteiger partial charge on any atom is 0.270 e. The topological polar surface area (TPSA) is 112 Å². The molecule has 0 aliphatic rings. The molecule has 1 heterocycles. The Bertz CT molecular complexity index is 1230. The molecule has 3 rings (SSSR count). The Kier molecular flexibility index (Phi) is 6.23. The third-order valence-electron chi connectivity index (χ3n) is 4.30. The number of benzene rings is 2. The van der Waals surface area contributed by atoms with Gasteiger partial charge >= 0.3 is 0 Å². The zero-order valence-electron chi connectivity index (χ0n) is 15.6. The van der Waals surface area contributed by atoms with Crippen LogP contribution in [0.2, 0.25) is 0 Å². The lowest BCUT2D eigenvalue weighted by Gasteiger charge is -2.03. The number of carbonyl (C=O) groups is 1. The van der Waals surface area contributed by atoms with Crippen LogP contribution in [0.1, 0.15) is 18.4 Å². The fourth-order valence-electron chi connectivity index (χ4n) is 2.85. The smallest absolute Gasteiger partial charge is 0.270 e. The molecule has 0 aliphatic heterocycles. The second kappa shape index (κ2) is 8.66. The number of carbonyl (C=O) groups excluding carboxylic acids is 1. The summed E-state index contributed by atoms with van der Waals surface area (Å²) in [6, 6.07) is 13.4. The molecule has 1 aromatic heterocycles. The van der Waals surface area contributed by atoms with Gasteiger partial charge in [-0.15, -0.1) is 0 Å². The largest absolute Gasteiger partial charge is 0.319 e. The number of hydrogen-bond donors (Lipinski definition) is 0. The summed E-state index contributed by atoms with van der Waals surface area (Å²) in [6.07, 6.45) is 0.208. The number of sulfone groups is 1. The maximum atomic E-state index is 12.2. The molecule has 8 nitrogen and oxygen atoms in total. The molecule has 0 fully saturated rings. The van der Waals surface area contributed by atoms with Crippen molar-refractivity contribution < 1.29 is 18.1 Å². The van der Waals surface area contributed by atoms with E-state index in [-0.39, 0.29) is 30.0 Å². The minimum Gasteiger partial charge on any atom is -0.319 e. The second-order valence-corrected chi connectivity index (χ2v) is 9.73. The molecule has 0 unspecified atom stereocenters. The van der Waals surface area contributed by atoms with Crippen LogP contribution in [0.25, 0.3) is 10.2 Å². The molecule has 0 bridgehead atoms. The van der Waals surface area contributed by atoms with Crippen molar-refractivity contribution in [3.8, 4) is 0 Å². The van der Waals surface area contributed by atoms with Crippen LogP contribution < -0.4 is 4.80 Å². The summed E-state index contributed by atoms with van der Waals surface area (Å²) in [5.74, 6) is -0.562. The van der Waals surface area contributed by atoms with Crippen LogP contribution in [0.5, 0.6) is 0 Å². The zero-order valence-corrected chi connectivity index (χ0v) is 17.3. The number of rotatable bonds is 7. The van der Waals surface area contributed by atoms with Gasteiger partial charge in [-0.25, -0.2) is 8.42 Å². The zero-order chi connectivity index (χ0) is 21.0. The molecule has 29 heavy (non-hydrogen) atoms. The summed E-state index contributed by atoms with van der Waals surface area (Å²) >= 11 is 1.18. The quantitative estimate of drug-likeness (QED) is 0.420. The number of nitro benzene ring substituents is 1. The van der Waals surface area contributed by atoms with Gasteiger partial charge in [0.1, 0.15) is 0 Å². The molecule has 0 spiro atoms. The number of nitro groups is 1. The lowest BCUT2D eigenvalue weighted by atomic mass is 10.2. The molecule has 152 valence electrons. The third kappa shape index (κ3) is 5.36. The van der Waals surface area contributed by atoms with Crippen LogP contribution in [-0.2, 0) is 27.4 Å². The minimum absolute atomic E-state index is 0.0163. The molecule has 1 amide bonds. The fraction of sp³-hybridized carbons (Fsp3) is 0.263. The first-order chi connectivity index (χ1) is 13.7. The molecule has 0 saturated heterocycles. The third-order valence-corrected chi connectivity index (χ3v) is 7.08. The summed E-state index contributed by atoms with van der Waals surface area (Å²) < 4.78 is 26.7. The van der Waals surface area contributed by atoms with E-state index in [1.165, 1.54) is 23.5 Å². The van der Waals surface area contributed by atoms with E-state index in [1.54, 1.807) is 41.9 Å². The summed E-state index contributed by atoms with van der Waals surface area (Å²) in [4.78, 5) is 27.1. The first-order valence-corrected chi connectivity index (χ1v) is 11.4. The first-order valence-electron chi connectivity index (χ1n) is 8.81. The maximum absolute atomic E-state index is 12.2. The van der Waals surface area contributed by atoms with Gasteiger partial charge in [0.25, 0.3) is 5.69 Å². The van der Waals surface area contributed by atoms with Crippen LogP contribution in [0.15, 0.2) is 53.5 Å². The van der Waals surface area contributed by atoms with Crippen molar-refractivity contribution in [2.45, 2.75) is 18.6 Å². The van der Waals surface area contributed by atoms with Gasteiger partial charge in [0.2, 0.25) is 5.91 Å². The molecule has 2 aromatic carbocycles. The lowest BCUT2D eigenvalue weighted by molar-refractivity contribution is -0.384. The Morgan fingerprint density at radius 2 is 1.93 bits per heavy atom. The van der Waals surface area contributed by atoms with Gasteiger partial charge in [-0.05, 0) is 18.1 Å². The Balaban J connectivity index is 1.66. The van der Waals surface area contributed by atoms with Gasteiger partial charge in [-0.2, -0.15) is 4.99 Å². The average Bonchev–Trinajstić information content (AvgIpc) is 2.97. The number of amides is 1. The van der Waals surface area contributed by atoms with Crippen molar-refractivity contribution in [3.05, 3.63) is 69.0 Å². The van der Waals surface area contributed by atoms with Crippen LogP contribution in [0, 0.1) is 10.1 Å². The highest BCUT2D eigenvalue weighted by Crippen LogP contribution is 2.22. The molecule has 3 aromatic rings. The van der Waals surface area contributed by atoms with E-state index in [1.807, 2.05) is 6.07 Å². The Morgan fingerprint density at radius 1 is 1.21 bits per heavy atom. The summed E-state index contributed by atoms with van der Waals surface area (Å²) in [6.45, 7) is 0. The van der Waals surface area contributed by atoms with E-state index in [0.717, 1.165) is 11.1 Å². The highest BCUT2D eigenvalue weighted by molar-refractivity contribution is 7.90. The van der Waals surface area contributed by atoms with Crippen LogP contribution in [0.4, 0.5) is 5.69 Å². The van der Waals surface area contributed by atoms with E-state index in [0.29, 0.717) is 9.50 Å². The van der Waals surface area contributed by atoms with Gasteiger partial charge in [-0.3, -0.25) is 14.9 Å². The standard InChI is InChI=1S/C19H19N3O5S2/c1-21-16-10-9-15(22(24)25)12-17(16)28-19(21)20-18(23)8-5-11-29(26,27)13-14-6-3-2-4-7-14/h2-4,6-7,9-10,12H,5,8,11,13H2,1H3. The Labute approximate surface area is 171 Å². The van der Waals surface area contributed by atoms with Crippen LogP contribution >= 0.6 is 11.3 Å². The predicted molar refractivity (Wildman–Crippen MR) is 111 cm³/mol. The molecule has 10 heteroatoms. The number of thiazole rings is 1. The molecule has 0 saturated carbocycles. The number of fused-ring (bicyclic) bond motifs is 1. The monoisotopic (exact) mass is 433 g/mol. The highest BCUT2D eigenvalue weighted by Gasteiger charge is 2.14. The number of nitrogens with zero attached hydrogens (tertiary/aromatic N) is 3. The molecular formula is C19H19N3O5S2. The van der Waals surface area contributed by atoms with Crippen LogP contribution in [-0.4, -0.2) is 29.6 Å². The van der Waals surface area contributed by atoms with Crippen molar-refractivity contribution >= 4 is 43.0 Å². The van der Waals surface area contributed by atoms with Gasteiger partial charge in [-0.1, -0.05) is 41.7 Å². The number of non-ortho nitro benzene ring substituents is 1. The van der Waals surface area contributed by atoms with Crippen molar-refractivity contribution in [1.82, 2.24) is 4.57 Å². The van der Waals surface area contributed by atoms with Crippen molar-refractivity contribution in [2.24, 2.45) is 12.0 Å². The SMILES string of the molecule is Cn1c(=NC(=O)CCCS(=O)(=O)Cc2ccccc2)sc2cc([N+](=O)[O-])ccc21. The molecule has 0 N–H and O–H groups in total. The van der Waals surface area contributed by atoms with E-state index >= 15 is 0 Å². The number of hydrogen-bond acceptors (Lipinski definition) is 6. The van der Waals surface area contributed by atoms with Gasteiger partial charge in [0.15, 0.2) is 14.6 Å². The Hall–Kier alpha value is -2.85. The molecule has 0 atom stereocenters. The van der Waals surface area contributed by atoms with Crippen molar-refractivity contribution in [2.75, 3.05) is 5.75 Å². The predicted octanol–water partition coefficient (Wildman–Crippen LogP) is 2.97. The Morgan fingerprint density at radius 3 is 2.62 bits per heavy atom. The molecular weight excluding hydrogens is 414 g/mol. The summed E-state index contributed by atoms with van der Waals surface area (Å²) in [5, 5.41) is 10.9. The molecule has 0 aliphatic carbocycles. The van der Waals surface area contributed by atoms with Crippen molar-refractivity contribution in [1.29, 1.82) is 0 Å². The van der Waals surface area contributed by atoms with E-state index in [2.05, 4.69) is 4.99 Å².